The first-order chi connectivity index (χ1) is 13.4. The molecule has 2 heterocycles. The van der Waals surface area contributed by atoms with Gasteiger partial charge in [0.2, 0.25) is 0 Å². The quantitative estimate of drug-likeness (QED) is 0.325. The number of nitrogens with zero attached hydrogens (tertiary/aromatic N) is 2. The fourth-order valence-electron chi connectivity index (χ4n) is 2.72. The van der Waals surface area contributed by atoms with Crippen molar-refractivity contribution in [1.29, 1.82) is 0 Å². The highest BCUT2D eigenvalue weighted by atomic mass is 32.2. The highest BCUT2D eigenvalue weighted by Crippen LogP contribution is 2.33. The highest BCUT2D eigenvalue weighted by Gasteiger charge is 2.30. The lowest BCUT2D eigenvalue weighted by Gasteiger charge is -2.10. The van der Waals surface area contributed by atoms with E-state index in [1.807, 2.05) is 25.1 Å². The minimum atomic E-state index is -4.35. The summed E-state index contributed by atoms with van der Waals surface area (Å²) in [7, 11) is 0. The first-order valence-corrected chi connectivity index (χ1v) is 10.1. The number of pyridine rings is 2. The van der Waals surface area contributed by atoms with Gasteiger partial charge < -0.3 is 4.74 Å². The van der Waals surface area contributed by atoms with Crippen LogP contribution in [-0.2, 0) is 6.18 Å². The van der Waals surface area contributed by atoms with E-state index in [9.17, 15) is 13.2 Å². The van der Waals surface area contributed by atoms with E-state index in [1.54, 1.807) is 24.2 Å². The number of alkyl halides is 3. The number of halogens is 3. The number of rotatable bonds is 8. The third kappa shape index (κ3) is 5.61. The van der Waals surface area contributed by atoms with E-state index in [0.717, 1.165) is 58.9 Å². The van der Waals surface area contributed by atoms with E-state index in [4.69, 9.17) is 4.74 Å². The van der Waals surface area contributed by atoms with Crippen molar-refractivity contribution in [3.63, 3.8) is 0 Å². The Hall–Kier alpha value is -2.28. The largest absolute Gasteiger partial charge is 0.492 e. The second-order valence-electron chi connectivity index (χ2n) is 6.43. The lowest BCUT2D eigenvalue weighted by atomic mass is 10.1. The van der Waals surface area contributed by atoms with Crippen LogP contribution in [-0.4, -0.2) is 22.3 Å². The molecule has 0 aliphatic carbocycles. The summed E-state index contributed by atoms with van der Waals surface area (Å²) in [5.41, 5.74) is 0.668. The summed E-state index contributed by atoms with van der Waals surface area (Å²) in [6.45, 7) is 2.58. The fraction of sp³-hybridized carbons (Fsp3) is 0.333. The van der Waals surface area contributed by atoms with Gasteiger partial charge in [-0.1, -0.05) is 6.07 Å². The molecule has 2 aromatic heterocycles. The molecule has 0 saturated heterocycles. The monoisotopic (exact) mass is 406 g/mol. The molecule has 0 bridgehead atoms. The molecule has 1 aromatic carbocycles. The summed E-state index contributed by atoms with van der Waals surface area (Å²) in [5, 5.41) is 0.760. The van der Waals surface area contributed by atoms with Crippen molar-refractivity contribution in [3.8, 4) is 5.75 Å². The normalized spacial score (nSPS) is 11.7. The van der Waals surface area contributed by atoms with Crippen LogP contribution >= 0.6 is 11.8 Å². The van der Waals surface area contributed by atoms with Crippen LogP contribution in [0.5, 0.6) is 5.75 Å². The van der Waals surface area contributed by atoms with Gasteiger partial charge in [-0.3, -0.25) is 9.97 Å². The minimum absolute atomic E-state index is 0.375. The summed E-state index contributed by atoms with van der Waals surface area (Å²) < 4.78 is 44.2. The van der Waals surface area contributed by atoms with Crippen molar-refractivity contribution >= 4 is 22.7 Å². The van der Waals surface area contributed by atoms with Gasteiger partial charge in [-0.2, -0.15) is 13.2 Å². The average molecular weight is 406 g/mol. The van der Waals surface area contributed by atoms with Gasteiger partial charge in [0.25, 0.3) is 0 Å². The number of ether oxygens (including phenoxy) is 1. The molecule has 0 spiro atoms. The molecule has 0 saturated carbocycles. The molecule has 0 atom stereocenters. The predicted molar refractivity (Wildman–Crippen MR) is 106 cm³/mol. The zero-order valence-electron chi connectivity index (χ0n) is 15.5. The number of fused-ring (bicyclic) bond motifs is 1. The summed E-state index contributed by atoms with van der Waals surface area (Å²) in [5.74, 6) is 1.67. The van der Waals surface area contributed by atoms with Gasteiger partial charge in [-0.15, -0.1) is 11.8 Å². The van der Waals surface area contributed by atoms with Crippen LogP contribution < -0.4 is 4.74 Å². The maximum atomic E-state index is 12.8. The molecule has 0 aliphatic rings. The van der Waals surface area contributed by atoms with E-state index in [2.05, 4.69) is 9.97 Å². The second kappa shape index (κ2) is 9.28. The third-order valence-corrected chi connectivity index (χ3v) is 5.39. The lowest BCUT2D eigenvalue weighted by Crippen LogP contribution is -2.04. The topological polar surface area (TPSA) is 35.0 Å². The molecule has 3 rings (SSSR count). The molecule has 0 amide bonds. The predicted octanol–water partition coefficient (Wildman–Crippen LogP) is 6.30. The fourth-order valence-corrected chi connectivity index (χ4v) is 3.77. The Labute approximate surface area is 166 Å². The molecule has 0 radical (unpaired) electrons. The smallest absolute Gasteiger partial charge is 0.416 e. The molecule has 28 heavy (non-hydrogen) atoms. The van der Waals surface area contributed by atoms with Crippen molar-refractivity contribution in [2.24, 2.45) is 0 Å². The number of thioether (sulfide) groups is 1. The van der Waals surface area contributed by atoms with Crippen LogP contribution in [0.3, 0.4) is 0 Å². The molecule has 7 heteroatoms. The standard InChI is InChI=1S/C21H21F3N2OS/c1-15-5-7-17(14-26-15)27-11-3-2-4-12-28-20-9-10-25-19-13-16(21(22,23)24)6-8-18(19)20/h5-10,13-14H,2-4,11-12H2,1H3. The average Bonchev–Trinajstić information content (AvgIpc) is 2.67. The van der Waals surface area contributed by atoms with E-state index in [0.29, 0.717) is 12.1 Å². The maximum Gasteiger partial charge on any atom is 0.416 e. The molecule has 0 unspecified atom stereocenters. The van der Waals surface area contributed by atoms with E-state index in [-0.39, 0.29) is 0 Å². The van der Waals surface area contributed by atoms with E-state index < -0.39 is 11.7 Å². The number of hydrogen-bond acceptors (Lipinski definition) is 4. The van der Waals surface area contributed by atoms with Gasteiger partial charge in [-0.25, -0.2) is 0 Å². The van der Waals surface area contributed by atoms with Gasteiger partial charge in [-0.05, 0) is 62.3 Å². The number of hydrogen-bond donors (Lipinski definition) is 0. The molecule has 0 aliphatic heterocycles. The van der Waals surface area contributed by atoms with Crippen LogP contribution in [0, 0.1) is 6.92 Å². The van der Waals surface area contributed by atoms with Crippen LogP contribution in [0.1, 0.15) is 30.5 Å². The molecule has 0 fully saturated rings. The number of benzene rings is 1. The van der Waals surface area contributed by atoms with Gasteiger partial charge in [0.15, 0.2) is 0 Å². The highest BCUT2D eigenvalue weighted by molar-refractivity contribution is 7.99. The van der Waals surface area contributed by atoms with Crippen molar-refractivity contribution < 1.29 is 17.9 Å². The minimum Gasteiger partial charge on any atom is -0.492 e. The Morgan fingerprint density at radius 3 is 2.61 bits per heavy atom. The first-order valence-electron chi connectivity index (χ1n) is 9.08. The Morgan fingerprint density at radius 2 is 1.86 bits per heavy atom. The molecule has 3 aromatic rings. The van der Waals surface area contributed by atoms with Crippen LogP contribution in [0.15, 0.2) is 53.7 Å². The maximum absolute atomic E-state index is 12.8. The van der Waals surface area contributed by atoms with Crippen LogP contribution in [0.4, 0.5) is 13.2 Å². The number of aromatic nitrogens is 2. The lowest BCUT2D eigenvalue weighted by molar-refractivity contribution is -0.137. The third-order valence-electron chi connectivity index (χ3n) is 4.23. The zero-order chi connectivity index (χ0) is 20.0. The number of aryl methyl sites for hydroxylation is 1. The van der Waals surface area contributed by atoms with Crippen LogP contribution in [0.25, 0.3) is 10.9 Å². The van der Waals surface area contributed by atoms with E-state index in [1.165, 1.54) is 6.07 Å². The van der Waals surface area contributed by atoms with Crippen molar-refractivity contribution in [2.45, 2.75) is 37.3 Å². The molecule has 148 valence electrons. The van der Waals surface area contributed by atoms with Crippen LogP contribution in [0.2, 0.25) is 0 Å². The number of unbranched alkanes of at least 4 members (excludes halogenated alkanes) is 2. The SMILES string of the molecule is Cc1ccc(OCCCCCSc2ccnc3cc(C(F)(F)F)ccc23)cn1. The zero-order valence-corrected chi connectivity index (χ0v) is 16.3. The van der Waals surface area contributed by atoms with Gasteiger partial charge in [0, 0.05) is 22.2 Å². The second-order valence-corrected chi connectivity index (χ2v) is 7.57. The molecular weight excluding hydrogens is 385 g/mol. The Morgan fingerprint density at radius 1 is 1.00 bits per heavy atom. The Bertz CT molecular complexity index is 914. The van der Waals surface area contributed by atoms with Gasteiger partial charge in [0.1, 0.15) is 5.75 Å². The summed E-state index contributed by atoms with van der Waals surface area (Å²) in [6, 6.07) is 9.42. The Balaban J connectivity index is 1.44. The van der Waals surface area contributed by atoms with Gasteiger partial charge >= 0.3 is 6.18 Å². The van der Waals surface area contributed by atoms with Crippen molar-refractivity contribution in [2.75, 3.05) is 12.4 Å². The summed E-state index contributed by atoms with van der Waals surface area (Å²) >= 11 is 1.65. The molecule has 3 nitrogen and oxygen atoms in total. The van der Waals surface area contributed by atoms with E-state index >= 15 is 0 Å². The summed E-state index contributed by atoms with van der Waals surface area (Å²) in [4.78, 5) is 9.23. The molecular formula is C21H21F3N2OS. The molecule has 0 N–H and O–H groups in total. The van der Waals surface area contributed by atoms with Crippen molar-refractivity contribution in [1.82, 2.24) is 9.97 Å². The Kier molecular flexibility index (Phi) is 6.78. The van der Waals surface area contributed by atoms with Crippen molar-refractivity contribution in [3.05, 3.63) is 60.0 Å². The van der Waals surface area contributed by atoms with Gasteiger partial charge in [0.05, 0.1) is 23.9 Å². The first kappa shape index (κ1) is 20.5. The summed E-state index contributed by atoms with van der Waals surface area (Å²) in [6.07, 6.45) is 1.91.